The molecule has 2 heterocycles. The molecule has 0 spiro atoms. The van der Waals surface area contributed by atoms with E-state index in [4.69, 9.17) is 5.73 Å². The third-order valence-electron chi connectivity index (χ3n) is 3.48. The van der Waals surface area contributed by atoms with E-state index in [1.165, 1.54) is 11.3 Å². The van der Waals surface area contributed by atoms with E-state index in [0.29, 0.717) is 6.54 Å². The number of aromatic nitrogens is 1. The molecular formula is C14H18N4S. The van der Waals surface area contributed by atoms with Crippen molar-refractivity contribution in [3.05, 3.63) is 41.4 Å². The van der Waals surface area contributed by atoms with Gasteiger partial charge >= 0.3 is 0 Å². The van der Waals surface area contributed by atoms with E-state index < -0.39 is 0 Å². The first-order valence-corrected chi connectivity index (χ1v) is 7.43. The summed E-state index contributed by atoms with van der Waals surface area (Å²) in [4.78, 5) is 9.15. The van der Waals surface area contributed by atoms with Gasteiger partial charge in [0.05, 0.1) is 0 Å². The lowest BCUT2D eigenvalue weighted by Crippen LogP contribution is -2.46. The predicted molar refractivity (Wildman–Crippen MR) is 80.9 cm³/mol. The molecule has 1 aliphatic heterocycles. The Morgan fingerprint density at radius 1 is 1.16 bits per heavy atom. The van der Waals surface area contributed by atoms with Crippen LogP contribution in [-0.2, 0) is 6.54 Å². The zero-order valence-electron chi connectivity index (χ0n) is 10.8. The number of anilines is 2. The molecule has 1 saturated heterocycles. The lowest BCUT2D eigenvalue weighted by atomic mass is 10.1. The fourth-order valence-corrected chi connectivity index (χ4v) is 3.10. The SMILES string of the molecule is NCc1cccc(N2CCN(c3nccs3)CC2)c1. The van der Waals surface area contributed by atoms with Crippen LogP contribution in [0.25, 0.3) is 0 Å². The number of hydrogen-bond acceptors (Lipinski definition) is 5. The second-order valence-corrected chi connectivity index (χ2v) is 5.54. The Kier molecular flexibility index (Phi) is 3.66. The van der Waals surface area contributed by atoms with Crippen molar-refractivity contribution < 1.29 is 0 Å². The summed E-state index contributed by atoms with van der Waals surface area (Å²) < 4.78 is 0. The average Bonchev–Trinajstić information content (AvgIpc) is 3.02. The van der Waals surface area contributed by atoms with Gasteiger partial charge in [-0.1, -0.05) is 12.1 Å². The Hall–Kier alpha value is -1.59. The van der Waals surface area contributed by atoms with Crippen molar-refractivity contribution in [3.8, 4) is 0 Å². The van der Waals surface area contributed by atoms with Gasteiger partial charge in [-0.2, -0.15) is 0 Å². The minimum atomic E-state index is 0.604. The summed E-state index contributed by atoms with van der Waals surface area (Å²) in [5.41, 5.74) is 8.17. The molecule has 2 aromatic rings. The van der Waals surface area contributed by atoms with E-state index in [1.54, 1.807) is 11.3 Å². The standard InChI is InChI=1S/C14H18N4S/c15-11-12-2-1-3-13(10-12)17-5-7-18(8-6-17)14-16-4-9-19-14/h1-4,9-10H,5-8,11,15H2. The third-order valence-corrected chi connectivity index (χ3v) is 4.31. The highest BCUT2D eigenvalue weighted by atomic mass is 32.1. The molecule has 0 bridgehead atoms. The Balaban J connectivity index is 1.66. The normalized spacial score (nSPS) is 15.8. The molecule has 5 heteroatoms. The number of nitrogens with zero attached hydrogens (tertiary/aromatic N) is 3. The van der Waals surface area contributed by atoms with E-state index in [0.717, 1.165) is 31.3 Å². The van der Waals surface area contributed by atoms with Crippen LogP contribution in [-0.4, -0.2) is 31.2 Å². The first kappa shape index (κ1) is 12.4. The maximum Gasteiger partial charge on any atom is 0.185 e. The van der Waals surface area contributed by atoms with Crippen LogP contribution in [0.5, 0.6) is 0 Å². The monoisotopic (exact) mass is 274 g/mol. The molecule has 0 aliphatic carbocycles. The molecule has 0 radical (unpaired) electrons. The molecule has 0 atom stereocenters. The molecule has 1 aromatic carbocycles. The van der Waals surface area contributed by atoms with Gasteiger partial charge in [0.2, 0.25) is 0 Å². The summed E-state index contributed by atoms with van der Waals surface area (Å²) in [6.45, 7) is 4.73. The lowest BCUT2D eigenvalue weighted by molar-refractivity contribution is 0.652. The van der Waals surface area contributed by atoms with Crippen molar-refractivity contribution in [1.29, 1.82) is 0 Å². The molecule has 0 amide bonds. The van der Waals surface area contributed by atoms with Crippen LogP contribution in [0.4, 0.5) is 10.8 Å². The smallest absolute Gasteiger partial charge is 0.185 e. The molecule has 19 heavy (non-hydrogen) atoms. The highest BCUT2D eigenvalue weighted by Crippen LogP contribution is 2.22. The van der Waals surface area contributed by atoms with Crippen molar-refractivity contribution in [2.24, 2.45) is 5.73 Å². The Bertz CT molecular complexity index is 518. The van der Waals surface area contributed by atoms with Crippen LogP contribution >= 0.6 is 11.3 Å². The largest absolute Gasteiger partial charge is 0.368 e. The van der Waals surface area contributed by atoms with Gasteiger partial charge < -0.3 is 15.5 Å². The minimum Gasteiger partial charge on any atom is -0.368 e. The van der Waals surface area contributed by atoms with Crippen LogP contribution in [0.3, 0.4) is 0 Å². The van der Waals surface area contributed by atoms with Gasteiger partial charge in [0.25, 0.3) is 0 Å². The molecule has 0 saturated carbocycles. The molecule has 1 fully saturated rings. The number of thiazole rings is 1. The van der Waals surface area contributed by atoms with Crippen molar-refractivity contribution >= 4 is 22.2 Å². The van der Waals surface area contributed by atoms with Crippen molar-refractivity contribution in [2.45, 2.75) is 6.54 Å². The van der Waals surface area contributed by atoms with Crippen molar-refractivity contribution in [3.63, 3.8) is 0 Å². The van der Waals surface area contributed by atoms with Crippen LogP contribution in [0.2, 0.25) is 0 Å². The number of rotatable bonds is 3. The van der Waals surface area contributed by atoms with Crippen LogP contribution in [0, 0.1) is 0 Å². The Morgan fingerprint density at radius 3 is 2.63 bits per heavy atom. The van der Waals surface area contributed by atoms with Crippen LogP contribution < -0.4 is 15.5 Å². The van der Waals surface area contributed by atoms with Gasteiger partial charge in [-0.25, -0.2) is 4.98 Å². The first-order valence-electron chi connectivity index (χ1n) is 6.55. The predicted octanol–water partition coefficient (Wildman–Crippen LogP) is 1.93. The number of benzene rings is 1. The fourth-order valence-electron chi connectivity index (χ4n) is 2.41. The van der Waals surface area contributed by atoms with E-state index in [-0.39, 0.29) is 0 Å². The number of piperazine rings is 1. The zero-order chi connectivity index (χ0) is 13.1. The molecular weight excluding hydrogens is 256 g/mol. The highest BCUT2D eigenvalue weighted by molar-refractivity contribution is 7.13. The van der Waals surface area contributed by atoms with E-state index in [1.807, 2.05) is 11.6 Å². The van der Waals surface area contributed by atoms with Gasteiger partial charge in [0.1, 0.15) is 0 Å². The molecule has 1 aliphatic rings. The van der Waals surface area contributed by atoms with Gasteiger partial charge in [0.15, 0.2) is 5.13 Å². The summed E-state index contributed by atoms with van der Waals surface area (Å²) in [6.07, 6.45) is 1.87. The first-order chi connectivity index (χ1) is 9.36. The number of nitrogens with two attached hydrogens (primary N) is 1. The van der Waals surface area contributed by atoms with Crippen molar-refractivity contribution in [1.82, 2.24) is 4.98 Å². The minimum absolute atomic E-state index is 0.604. The van der Waals surface area contributed by atoms with Crippen molar-refractivity contribution in [2.75, 3.05) is 36.0 Å². The molecule has 100 valence electrons. The zero-order valence-corrected chi connectivity index (χ0v) is 11.6. The molecule has 3 rings (SSSR count). The van der Waals surface area contributed by atoms with E-state index in [9.17, 15) is 0 Å². The van der Waals surface area contributed by atoms with E-state index >= 15 is 0 Å². The maximum absolute atomic E-state index is 5.70. The summed E-state index contributed by atoms with van der Waals surface area (Å²) >= 11 is 1.71. The highest BCUT2D eigenvalue weighted by Gasteiger charge is 2.18. The van der Waals surface area contributed by atoms with Crippen LogP contribution in [0.1, 0.15) is 5.56 Å². The van der Waals surface area contributed by atoms with Crippen LogP contribution in [0.15, 0.2) is 35.8 Å². The average molecular weight is 274 g/mol. The summed E-state index contributed by atoms with van der Waals surface area (Å²) in [5, 5.41) is 3.17. The molecule has 0 unspecified atom stereocenters. The third kappa shape index (κ3) is 2.72. The van der Waals surface area contributed by atoms with Gasteiger partial charge in [0, 0.05) is 50.0 Å². The van der Waals surface area contributed by atoms with Gasteiger partial charge in [-0.3, -0.25) is 0 Å². The topological polar surface area (TPSA) is 45.4 Å². The fraction of sp³-hybridized carbons (Fsp3) is 0.357. The molecule has 1 aromatic heterocycles. The summed E-state index contributed by atoms with van der Waals surface area (Å²) in [6, 6.07) is 8.53. The molecule has 4 nitrogen and oxygen atoms in total. The second-order valence-electron chi connectivity index (χ2n) is 4.66. The van der Waals surface area contributed by atoms with Gasteiger partial charge in [-0.05, 0) is 17.7 Å². The summed E-state index contributed by atoms with van der Waals surface area (Å²) in [7, 11) is 0. The number of hydrogen-bond donors (Lipinski definition) is 1. The quantitative estimate of drug-likeness (QED) is 0.929. The summed E-state index contributed by atoms with van der Waals surface area (Å²) in [5.74, 6) is 0. The van der Waals surface area contributed by atoms with Gasteiger partial charge in [-0.15, -0.1) is 11.3 Å². The maximum atomic E-state index is 5.70. The molecule has 2 N–H and O–H groups in total. The Morgan fingerprint density at radius 2 is 1.95 bits per heavy atom. The Labute approximate surface area is 117 Å². The van der Waals surface area contributed by atoms with E-state index in [2.05, 4.69) is 39.0 Å². The second kappa shape index (κ2) is 5.59. The lowest BCUT2D eigenvalue weighted by Gasteiger charge is -2.36.